The highest BCUT2D eigenvalue weighted by molar-refractivity contribution is 7.83. The Balaban J connectivity index is -0.0000000183. The molecular weight excluding hydrogens is 167 g/mol. The molecule has 0 rings (SSSR count). The first-order chi connectivity index (χ1) is 2.73. The van der Waals surface area contributed by atoms with Crippen molar-refractivity contribution in [2.75, 3.05) is 12.5 Å². The monoisotopic (exact) mass is 178 g/mol. The highest BCUT2D eigenvalue weighted by atomic mass is 35.5. The van der Waals surface area contributed by atoms with E-state index < -0.39 is 10.8 Å². The molecule has 0 fully saturated rings. The molecule has 0 aliphatic heterocycles. The first kappa shape index (κ1) is 23.7. The molecule has 0 heterocycles. The van der Waals surface area contributed by atoms with Crippen molar-refractivity contribution in [2.24, 2.45) is 0 Å². The van der Waals surface area contributed by atoms with Crippen molar-refractivity contribution in [3.8, 4) is 0 Å². The van der Waals surface area contributed by atoms with Gasteiger partial charge >= 0.3 is 0 Å². The molecule has 4 heteroatoms. The molecule has 8 heavy (non-hydrogen) atoms. The second-order valence-electron chi connectivity index (χ2n) is 0.742. The molecule has 0 aromatic carbocycles. The third-order valence-electron chi connectivity index (χ3n) is 0. The predicted octanol–water partition coefficient (Wildman–Crippen LogP) is 1.64. The van der Waals surface area contributed by atoms with Gasteiger partial charge in [-0.15, -0.1) is 38.0 Å². The molecule has 0 radical (unpaired) electrons. The van der Waals surface area contributed by atoms with E-state index in [4.69, 9.17) is 0 Å². The summed E-state index contributed by atoms with van der Waals surface area (Å²) in [5, 5.41) is 0. The first-order valence-electron chi connectivity index (χ1n) is 1.48. The van der Waals surface area contributed by atoms with E-state index in [9.17, 15) is 4.21 Å². The molecule has 0 aliphatic carbocycles. The second-order valence-corrected chi connectivity index (χ2v) is 2.22. The Hall–Kier alpha value is 0.470. The quantitative estimate of drug-likeness (QED) is 0.516. The highest BCUT2D eigenvalue weighted by Gasteiger charge is 1.57. The lowest BCUT2D eigenvalue weighted by atomic mass is 11.3. The third-order valence-corrected chi connectivity index (χ3v) is 0. The van der Waals surface area contributed by atoms with Gasteiger partial charge in [0.1, 0.15) is 0 Å². The fraction of sp³-hybridized carbons (Fsp3) is 0.500. The van der Waals surface area contributed by atoms with Crippen molar-refractivity contribution in [3.05, 3.63) is 13.2 Å². The summed E-state index contributed by atoms with van der Waals surface area (Å²) < 4.78 is 9.56. The lowest BCUT2D eigenvalue weighted by Gasteiger charge is -1.60. The third kappa shape index (κ3) is 876. The lowest BCUT2D eigenvalue weighted by Crippen LogP contribution is -1.70. The molecule has 0 aromatic rings. The van der Waals surface area contributed by atoms with Crippen molar-refractivity contribution in [3.63, 3.8) is 0 Å². The summed E-state index contributed by atoms with van der Waals surface area (Å²) in [6.45, 7) is 6.00. The van der Waals surface area contributed by atoms with E-state index in [0.717, 1.165) is 0 Å². The van der Waals surface area contributed by atoms with Crippen LogP contribution < -0.4 is 0 Å². The van der Waals surface area contributed by atoms with Gasteiger partial charge in [-0.1, -0.05) is 0 Å². The van der Waals surface area contributed by atoms with E-state index in [-0.39, 0.29) is 24.8 Å². The van der Waals surface area contributed by atoms with Crippen LogP contribution in [0.5, 0.6) is 0 Å². The largest absolute Gasteiger partial charge is 0.260 e. The standard InChI is InChI=1S/C2H6OS.C2H4.2ClH/c1-4(2)3;1-2;;/h1-2H3;1-2H2;2*1H. The van der Waals surface area contributed by atoms with Crippen molar-refractivity contribution in [2.45, 2.75) is 0 Å². The summed E-state index contributed by atoms with van der Waals surface area (Å²) in [6, 6.07) is 0. The number of halogens is 2. The van der Waals surface area contributed by atoms with E-state index in [1.807, 2.05) is 0 Å². The Kier molecular flexibility index (Phi) is 76.8. The summed E-state index contributed by atoms with van der Waals surface area (Å²) in [4.78, 5) is 0. The topological polar surface area (TPSA) is 17.1 Å². The molecule has 0 spiro atoms. The SMILES string of the molecule is C=C.CS(C)=O.Cl.Cl. The molecule has 0 atom stereocenters. The van der Waals surface area contributed by atoms with Crippen LogP contribution in [0.3, 0.4) is 0 Å². The molecular formula is C4H12Cl2OS. The van der Waals surface area contributed by atoms with Crippen LogP contribution in [0.2, 0.25) is 0 Å². The van der Waals surface area contributed by atoms with Crippen LogP contribution in [0.15, 0.2) is 13.2 Å². The molecule has 54 valence electrons. The Morgan fingerprint density at radius 3 is 1.12 bits per heavy atom. The lowest BCUT2D eigenvalue weighted by molar-refractivity contribution is 0.690. The second kappa shape index (κ2) is 26.0. The van der Waals surface area contributed by atoms with Crippen LogP contribution in [-0.4, -0.2) is 16.7 Å². The van der Waals surface area contributed by atoms with Gasteiger partial charge in [0, 0.05) is 23.3 Å². The maximum Gasteiger partial charge on any atom is 0.0148 e. The normalized spacial score (nSPS) is 4.88. The molecule has 1 nitrogen and oxygen atoms in total. The van der Waals surface area contributed by atoms with Gasteiger partial charge in [0.15, 0.2) is 0 Å². The van der Waals surface area contributed by atoms with Gasteiger partial charge in [-0.3, -0.25) is 4.21 Å². The fourth-order valence-electron chi connectivity index (χ4n) is 0. The maximum atomic E-state index is 9.56. The number of hydrogen-bond donors (Lipinski definition) is 0. The van der Waals surface area contributed by atoms with Crippen LogP contribution in [-0.2, 0) is 10.8 Å². The minimum absolute atomic E-state index is 0. The van der Waals surface area contributed by atoms with Crippen LogP contribution >= 0.6 is 24.8 Å². The van der Waals surface area contributed by atoms with Crippen LogP contribution in [0.4, 0.5) is 0 Å². The molecule has 0 amide bonds. The van der Waals surface area contributed by atoms with Crippen molar-refractivity contribution >= 4 is 35.6 Å². The van der Waals surface area contributed by atoms with Gasteiger partial charge in [-0.2, -0.15) is 0 Å². The van der Waals surface area contributed by atoms with Crippen molar-refractivity contribution in [1.29, 1.82) is 0 Å². The van der Waals surface area contributed by atoms with Gasteiger partial charge in [-0.05, 0) is 0 Å². The maximum absolute atomic E-state index is 9.56. The molecule has 0 unspecified atom stereocenters. The average molecular weight is 179 g/mol. The number of hydrogen-bond acceptors (Lipinski definition) is 1. The van der Waals surface area contributed by atoms with Gasteiger partial charge in [0.05, 0.1) is 0 Å². The zero-order valence-corrected chi connectivity index (χ0v) is 7.50. The van der Waals surface area contributed by atoms with E-state index in [2.05, 4.69) is 13.2 Å². The highest BCUT2D eigenvalue weighted by Crippen LogP contribution is 1.47. The summed E-state index contributed by atoms with van der Waals surface area (Å²) in [7, 11) is -0.611. The summed E-state index contributed by atoms with van der Waals surface area (Å²) in [5.74, 6) is 0. The van der Waals surface area contributed by atoms with Gasteiger partial charge in [-0.25, -0.2) is 0 Å². The Bertz CT molecular complexity index is 45.3. The predicted molar refractivity (Wildman–Crippen MR) is 45.7 cm³/mol. The summed E-state index contributed by atoms with van der Waals surface area (Å²) >= 11 is 0. The smallest absolute Gasteiger partial charge is 0.0148 e. The molecule has 0 bridgehead atoms. The summed E-state index contributed by atoms with van der Waals surface area (Å²) in [5.41, 5.74) is 0. The Morgan fingerprint density at radius 1 is 1.12 bits per heavy atom. The van der Waals surface area contributed by atoms with Crippen molar-refractivity contribution in [1.82, 2.24) is 0 Å². The summed E-state index contributed by atoms with van der Waals surface area (Å²) in [6.07, 6.45) is 3.28. The first-order valence-corrected chi connectivity index (χ1v) is 3.45. The van der Waals surface area contributed by atoms with Gasteiger partial charge < -0.3 is 0 Å². The molecule has 0 saturated carbocycles. The van der Waals surface area contributed by atoms with E-state index in [0.29, 0.717) is 0 Å². The van der Waals surface area contributed by atoms with Crippen LogP contribution in [0.1, 0.15) is 0 Å². The molecule has 0 aromatic heterocycles. The Labute approximate surface area is 65.8 Å². The van der Waals surface area contributed by atoms with Gasteiger partial charge in [0.25, 0.3) is 0 Å². The van der Waals surface area contributed by atoms with Crippen LogP contribution in [0.25, 0.3) is 0 Å². The van der Waals surface area contributed by atoms with E-state index in [1.54, 1.807) is 12.5 Å². The Morgan fingerprint density at radius 2 is 1.12 bits per heavy atom. The minimum Gasteiger partial charge on any atom is -0.260 e. The fourth-order valence-corrected chi connectivity index (χ4v) is 0. The van der Waals surface area contributed by atoms with Crippen LogP contribution in [0, 0.1) is 0 Å². The minimum atomic E-state index is -0.611. The zero-order valence-electron chi connectivity index (χ0n) is 5.05. The van der Waals surface area contributed by atoms with E-state index >= 15 is 0 Å². The van der Waals surface area contributed by atoms with Gasteiger partial charge in [0.2, 0.25) is 0 Å². The number of rotatable bonds is 0. The molecule has 0 N–H and O–H groups in total. The molecule has 0 saturated heterocycles. The van der Waals surface area contributed by atoms with E-state index in [1.165, 1.54) is 0 Å². The van der Waals surface area contributed by atoms with Crippen molar-refractivity contribution < 1.29 is 4.21 Å². The zero-order chi connectivity index (χ0) is 5.58. The molecule has 0 aliphatic rings. The average Bonchev–Trinajstić information content (AvgIpc) is 1.41.